The van der Waals surface area contributed by atoms with Crippen LogP contribution in [0.1, 0.15) is 45.1 Å². The van der Waals surface area contributed by atoms with Gasteiger partial charge in [0.25, 0.3) is 0 Å². The van der Waals surface area contributed by atoms with Crippen molar-refractivity contribution in [2.45, 2.75) is 62.9 Å². The van der Waals surface area contributed by atoms with Gasteiger partial charge in [0.2, 0.25) is 5.91 Å². The van der Waals surface area contributed by atoms with E-state index >= 15 is 0 Å². The SMILES string of the molecule is Cc1ccc(-c2nnc(SC(C)C(=O)NC3CCCCC3C)n2C)cc1. The van der Waals surface area contributed by atoms with Crippen LogP contribution in [0.3, 0.4) is 0 Å². The number of thioether (sulfide) groups is 1. The van der Waals surface area contributed by atoms with Crippen molar-refractivity contribution in [2.75, 3.05) is 0 Å². The van der Waals surface area contributed by atoms with E-state index in [2.05, 4.69) is 41.5 Å². The number of nitrogens with one attached hydrogen (secondary N) is 1. The van der Waals surface area contributed by atoms with Gasteiger partial charge in [0.1, 0.15) is 0 Å². The molecule has 0 aliphatic heterocycles. The van der Waals surface area contributed by atoms with Crippen LogP contribution in [0.15, 0.2) is 29.4 Å². The molecule has 1 aliphatic rings. The topological polar surface area (TPSA) is 59.8 Å². The van der Waals surface area contributed by atoms with Crippen molar-refractivity contribution in [2.24, 2.45) is 13.0 Å². The van der Waals surface area contributed by atoms with Gasteiger partial charge < -0.3 is 9.88 Å². The van der Waals surface area contributed by atoms with Crippen LogP contribution in [-0.2, 0) is 11.8 Å². The minimum absolute atomic E-state index is 0.0913. The molecular formula is C20H28N4OS. The quantitative estimate of drug-likeness (QED) is 0.807. The van der Waals surface area contributed by atoms with Crippen LogP contribution in [0.2, 0.25) is 0 Å². The van der Waals surface area contributed by atoms with E-state index in [9.17, 15) is 4.79 Å². The van der Waals surface area contributed by atoms with E-state index in [1.807, 2.05) is 30.7 Å². The van der Waals surface area contributed by atoms with Crippen molar-refractivity contribution in [3.63, 3.8) is 0 Å². The highest BCUT2D eigenvalue weighted by molar-refractivity contribution is 8.00. The third-order valence-corrected chi connectivity index (χ3v) is 6.37. The fourth-order valence-electron chi connectivity index (χ4n) is 3.41. The highest BCUT2D eigenvalue weighted by Gasteiger charge is 2.26. The first-order chi connectivity index (χ1) is 12.5. The normalized spacial score (nSPS) is 21.4. The van der Waals surface area contributed by atoms with Crippen molar-refractivity contribution in [3.8, 4) is 11.4 Å². The molecule has 0 spiro atoms. The van der Waals surface area contributed by atoms with Crippen molar-refractivity contribution in [1.29, 1.82) is 0 Å². The molecule has 26 heavy (non-hydrogen) atoms. The minimum atomic E-state index is -0.196. The Morgan fingerprint density at radius 3 is 2.62 bits per heavy atom. The molecule has 3 unspecified atom stereocenters. The zero-order chi connectivity index (χ0) is 18.7. The zero-order valence-electron chi connectivity index (χ0n) is 16.0. The first-order valence-corrected chi connectivity index (χ1v) is 10.3. The number of aryl methyl sites for hydroxylation is 1. The number of rotatable bonds is 5. The first-order valence-electron chi connectivity index (χ1n) is 9.39. The van der Waals surface area contributed by atoms with Gasteiger partial charge in [0, 0.05) is 18.7 Å². The number of hydrogen-bond donors (Lipinski definition) is 1. The molecule has 1 aliphatic carbocycles. The second-order valence-electron chi connectivity index (χ2n) is 7.37. The average Bonchev–Trinajstić information content (AvgIpc) is 2.98. The Labute approximate surface area is 160 Å². The van der Waals surface area contributed by atoms with Crippen LogP contribution in [0, 0.1) is 12.8 Å². The number of benzene rings is 1. The van der Waals surface area contributed by atoms with Gasteiger partial charge in [-0.15, -0.1) is 10.2 Å². The lowest BCUT2D eigenvalue weighted by atomic mass is 9.86. The molecule has 1 N–H and O–H groups in total. The summed E-state index contributed by atoms with van der Waals surface area (Å²) in [6, 6.07) is 8.54. The molecule has 1 aromatic heterocycles. The van der Waals surface area contributed by atoms with Gasteiger partial charge in [0.15, 0.2) is 11.0 Å². The Hall–Kier alpha value is -1.82. The second-order valence-corrected chi connectivity index (χ2v) is 8.68. The Morgan fingerprint density at radius 2 is 1.92 bits per heavy atom. The lowest BCUT2D eigenvalue weighted by Gasteiger charge is -2.30. The fourth-order valence-corrected chi connectivity index (χ4v) is 4.24. The van der Waals surface area contributed by atoms with Gasteiger partial charge in [-0.3, -0.25) is 4.79 Å². The molecule has 1 amide bonds. The molecule has 2 aromatic rings. The summed E-state index contributed by atoms with van der Waals surface area (Å²) in [6.07, 6.45) is 4.78. The largest absolute Gasteiger partial charge is 0.352 e. The van der Waals surface area contributed by atoms with E-state index in [0.717, 1.165) is 23.0 Å². The van der Waals surface area contributed by atoms with Gasteiger partial charge >= 0.3 is 0 Å². The van der Waals surface area contributed by atoms with E-state index in [0.29, 0.717) is 12.0 Å². The van der Waals surface area contributed by atoms with Crippen LogP contribution in [0.4, 0.5) is 0 Å². The number of hydrogen-bond acceptors (Lipinski definition) is 4. The van der Waals surface area contributed by atoms with Crippen molar-refractivity contribution < 1.29 is 4.79 Å². The molecule has 0 bridgehead atoms. The van der Waals surface area contributed by atoms with E-state index < -0.39 is 0 Å². The van der Waals surface area contributed by atoms with Gasteiger partial charge in [-0.2, -0.15) is 0 Å². The molecule has 5 nitrogen and oxygen atoms in total. The van der Waals surface area contributed by atoms with Gasteiger partial charge in [-0.25, -0.2) is 0 Å². The smallest absolute Gasteiger partial charge is 0.233 e. The summed E-state index contributed by atoms with van der Waals surface area (Å²) < 4.78 is 1.96. The summed E-state index contributed by atoms with van der Waals surface area (Å²) in [4.78, 5) is 12.6. The molecule has 1 heterocycles. The summed E-state index contributed by atoms with van der Waals surface area (Å²) >= 11 is 1.46. The van der Waals surface area contributed by atoms with Crippen LogP contribution < -0.4 is 5.32 Å². The highest BCUT2D eigenvalue weighted by atomic mass is 32.2. The lowest BCUT2D eigenvalue weighted by molar-refractivity contribution is -0.121. The Morgan fingerprint density at radius 1 is 1.23 bits per heavy atom. The predicted molar refractivity (Wildman–Crippen MR) is 106 cm³/mol. The minimum Gasteiger partial charge on any atom is -0.352 e. The second kappa shape index (κ2) is 8.25. The third kappa shape index (κ3) is 4.29. The maximum atomic E-state index is 12.6. The van der Waals surface area contributed by atoms with Crippen LogP contribution in [0.25, 0.3) is 11.4 Å². The van der Waals surface area contributed by atoms with Crippen molar-refractivity contribution >= 4 is 17.7 Å². The van der Waals surface area contributed by atoms with Crippen molar-refractivity contribution in [1.82, 2.24) is 20.1 Å². The fraction of sp³-hybridized carbons (Fsp3) is 0.550. The Bertz CT molecular complexity index is 756. The summed E-state index contributed by atoms with van der Waals surface area (Å²) in [7, 11) is 1.95. The number of carbonyl (C=O) groups excluding carboxylic acids is 1. The average molecular weight is 373 g/mol. The number of carbonyl (C=O) groups is 1. The van der Waals surface area contributed by atoms with Crippen molar-refractivity contribution in [3.05, 3.63) is 29.8 Å². The van der Waals surface area contributed by atoms with Gasteiger partial charge in [0.05, 0.1) is 5.25 Å². The Kier molecular flexibility index (Phi) is 6.01. The first kappa shape index (κ1) is 19.0. The molecule has 0 radical (unpaired) electrons. The van der Waals surface area contributed by atoms with Crippen LogP contribution in [0.5, 0.6) is 0 Å². The van der Waals surface area contributed by atoms with Crippen LogP contribution >= 0.6 is 11.8 Å². The number of nitrogens with zero attached hydrogens (tertiary/aromatic N) is 3. The summed E-state index contributed by atoms with van der Waals surface area (Å²) in [6.45, 7) is 6.24. The summed E-state index contributed by atoms with van der Waals surface area (Å²) in [5.74, 6) is 1.47. The van der Waals surface area contributed by atoms with E-state index in [1.54, 1.807) is 0 Å². The number of amides is 1. The van der Waals surface area contributed by atoms with Crippen LogP contribution in [-0.4, -0.2) is 32.0 Å². The molecule has 140 valence electrons. The molecular weight excluding hydrogens is 344 g/mol. The molecule has 0 saturated heterocycles. The van der Waals surface area contributed by atoms with Gasteiger partial charge in [-0.05, 0) is 32.6 Å². The lowest BCUT2D eigenvalue weighted by Crippen LogP contribution is -2.44. The van der Waals surface area contributed by atoms with E-state index in [4.69, 9.17) is 0 Å². The molecule has 1 fully saturated rings. The molecule has 6 heteroatoms. The molecule has 3 rings (SSSR count). The monoisotopic (exact) mass is 372 g/mol. The maximum Gasteiger partial charge on any atom is 0.233 e. The standard InChI is InChI=1S/C20H28N4OS/c1-13-9-11-16(12-10-13)18-22-23-20(24(18)4)26-15(3)19(25)21-17-8-6-5-7-14(17)2/h9-12,14-15,17H,5-8H2,1-4H3,(H,21,25). The number of aromatic nitrogens is 3. The summed E-state index contributed by atoms with van der Waals surface area (Å²) in [5.41, 5.74) is 2.25. The third-order valence-electron chi connectivity index (χ3n) is 5.24. The zero-order valence-corrected chi connectivity index (χ0v) is 16.8. The molecule has 3 atom stereocenters. The summed E-state index contributed by atoms with van der Waals surface area (Å²) in [5, 5.41) is 12.4. The van der Waals surface area contributed by atoms with Gasteiger partial charge in [-0.1, -0.05) is 61.4 Å². The Balaban J connectivity index is 1.65. The maximum absolute atomic E-state index is 12.6. The molecule has 1 aromatic carbocycles. The van der Waals surface area contributed by atoms with E-state index in [-0.39, 0.29) is 11.2 Å². The highest BCUT2D eigenvalue weighted by Crippen LogP contribution is 2.27. The van der Waals surface area contributed by atoms with E-state index in [1.165, 1.54) is 36.6 Å². The predicted octanol–water partition coefficient (Wildman–Crippen LogP) is 3.97. The molecule has 1 saturated carbocycles.